The van der Waals surface area contributed by atoms with Crippen molar-refractivity contribution in [3.8, 4) is 0 Å². The molecule has 0 fully saturated rings. The van der Waals surface area contributed by atoms with Crippen LogP contribution in [0.3, 0.4) is 0 Å². The van der Waals surface area contributed by atoms with E-state index in [-0.39, 0.29) is 0 Å². The maximum absolute atomic E-state index is 5.79. The Labute approximate surface area is 99.8 Å². The number of rotatable bonds is 5. The van der Waals surface area contributed by atoms with Gasteiger partial charge in [0.1, 0.15) is 0 Å². The molecule has 0 aliphatic carbocycles. The van der Waals surface area contributed by atoms with Crippen LogP contribution in [-0.2, 0) is 8.85 Å². The lowest BCUT2D eigenvalue weighted by atomic mass is 10.2. The summed E-state index contributed by atoms with van der Waals surface area (Å²) in [5, 5.41) is 1.31. The van der Waals surface area contributed by atoms with Crippen LogP contribution in [0.5, 0.6) is 0 Å². The van der Waals surface area contributed by atoms with E-state index in [1.54, 1.807) is 14.2 Å². The van der Waals surface area contributed by atoms with Crippen molar-refractivity contribution in [2.75, 3.05) is 14.2 Å². The van der Waals surface area contributed by atoms with E-state index >= 15 is 0 Å². The van der Waals surface area contributed by atoms with Gasteiger partial charge in [0.25, 0.3) is 0 Å². The lowest BCUT2D eigenvalue weighted by Crippen LogP contribution is -2.54. The third-order valence-electron chi connectivity index (χ3n) is 3.10. The van der Waals surface area contributed by atoms with E-state index in [2.05, 4.69) is 39.0 Å². The fraction of sp³-hybridized carbons (Fsp3) is 0.538. The van der Waals surface area contributed by atoms with Gasteiger partial charge in [0.15, 0.2) is 0 Å². The highest BCUT2D eigenvalue weighted by Gasteiger charge is 2.39. The molecule has 0 radical (unpaired) electrons. The highest BCUT2D eigenvalue weighted by Crippen LogP contribution is 2.18. The van der Waals surface area contributed by atoms with Crippen molar-refractivity contribution >= 4 is 13.7 Å². The summed E-state index contributed by atoms with van der Waals surface area (Å²) in [6, 6.07) is 7.37. The Morgan fingerprint density at radius 1 is 1.06 bits per heavy atom. The summed E-state index contributed by atoms with van der Waals surface area (Å²) in [5.41, 5.74) is 2.56. The van der Waals surface area contributed by atoms with E-state index < -0.39 is 8.56 Å². The molecular formula is C13H22O2Si. The first-order valence-corrected chi connectivity index (χ1v) is 7.80. The van der Waals surface area contributed by atoms with Crippen molar-refractivity contribution in [1.82, 2.24) is 0 Å². The minimum atomic E-state index is -2.21. The van der Waals surface area contributed by atoms with Crippen molar-refractivity contribution < 1.29 is 8.85 Å². The van der Waals surface area contributed by atoms with E-state index in [0.717, 1.165) is 12.5 Å². The maximum atomic E-state index is 5.79. The minimum absolute atomic E-state index is 1.01. The first kappa shape index (κ1) is 13.4. The molecule has 0 bridgehead atoms. The molecule has 0 heterocycles. The molecular weight excluding hydrogens is 216 g/mol. The maximum Gasteiger partial charge on any atom is 0.372 e. The van der Waals surface area contributed by atoms with Gasteiger partial charge in [0.2, 0.25) is 0 Å². The van der Waals surface area contributed by atoms with Crippen molar-refractivity contribution in [1.29, 1.82) is 0 Å². The smallest absolute Gasteiger partial charge is 0.372 e. The quantitative estimate of drug-likeness (QED) is 0.734. The Balaban J connectivity index is 3.30. The summed E-state index contributed by atoms with van der Waals surface area (Å²) in [5.74, 6) is 0. The lowest BCUT2D eigenvalue weighted by Gasteiger charge is -2.30. The van der Waals surface area contributed by atoms with Crippen LogP contribution in [0.4, 0.5) is 0 Å². The Bertz CT molecular complexity index is 326. The van der Waals surface area contributed by atoms with Gasteiger partial charge in [-0.25, -0.2) is 0 Å². The van der Waals surface area contributed by atoms with Crippen LogP contribution in [0.2, 0.25) is 6.04 Å². The van der Waals surface area contributed by atoms with Gasteiger partial charge in [-0.05, 0) is 36.2 Å². The summed E-state index contributed by atoms with van der Waals surface area (Å²) in [4.78, 5) is 0. The van der Waals surface area contributed by atoms with Crippen LogP contribution in [-0.4, -0.2) is 22.8 Å². The molecule has 90 valence electrons. The molecule has 0 atom stereocenters. The molecule has 1 rings (SSSR count). The largest absolute Gasteiger partial charge is 0.394 e. The molecule has 3 heteroatoms. The first-order valence-electron chi connectivity index (χ1n) is 5.78. The predicted molar refractivity (Wildman–Crippen MR) is 70.4 cm³/mol. The summed E-state index contributed by atoms with van der Waals surface area (Å²) < 4.78 is 11.6. The highest BCUT2D eigenvalue weighted by atomic mass is 28.4. The molecule has 1 aromatic carbocycles. The van der Waals surface area contributed by atoms with Crippen molar-refractivity contribution in [3.63, 3.8) is 0 Å². The SMILES string of the molecule is CCC[Si](OC)(OC)c1c(C)cccc1C. The molecule has 0 saturated carbocycles. The molecule has 1 aromatic rings. The minimum Gasteiger partial charge on any atom is -0.394 e. The number of benzene rings is 1. The van der Waals surface area contributed by atoms with Crippen LogP contribution >= 0.6 is 0 Å². The van der Waals surface area contributed by atoms with E-state index in [0.29, 0.717) is 0 Å². The second-order valence-electron chi connectivity index (χ2n) is 4.18. The van der Waals surface area contributed by atoms with Gasteiger partial charge in [0.05, 0.1) is 0 Å². The molecule has 0 unspecified atom stereocenters. The van der Waals surface area contributed by atoms with Crippen molar-refractivity contribution in [3.05, 3.63) is 29.3 Å². The standard InChI is InChI=1S/C13H22O2Si/c1-6-10-16(14-4,15-5)13-11(2)8-7-9-12(13)3/h7-9H,6,10H2,1-5H3. The third kappa shape index (κ3) is 2.37. The van der Waals surface area contributed by atoms with Gasteiger partial charge in [-0.1, -0.05) is 31.5 Å². The van der Waals surface area contributed by atoms with Gasteiger partial charge < -0.3 is 8.85 Å². The number of hydrogen-bond donors (Lipinski definition) is 0. The van der Waals surface area contributed by atoms with Gasteiger partial charge in [-0.2, -0.15) is 0 Å². The second-order valence-corrected chi connectivity index (χ2v) is 7.50. The Hall–Kier alpha value is -0.643. The van der Waals surface area contributed by atoms with Gasteiger partial charge in [-0.15, -0.1) is 0 Å². The lowest BCUT2D eigenvalue weighted by molar-refractivity contribution is 0.256. The van der Waals surface area contributed by atoms with E-state index in [1.165, 1.54) is 16.3 Å². The van der Waals surface area contributed by atoms with E-state index in [1.807, 2.05) is 0 Å². The molecule has 0 amide bonds. The van der Waals surface area contributed by atoms with Gasteiger partial charge >= 0.3 is 8.56 Å². The fourth-order valence-corrected chi connectivity index (χ4v) is 5.62. The fourth-order valence-electron chi connectivity index (χ4n) is 2.36. The Morgan fingerprint density at radius 2 is 1.56 bits per heavy atom. The molecule has 2 nitrogen and oxygen atoms in total. The third-order valence-corrected chi connectivity index (χ3v) is 7.13. The normalized spacial score (nSPS) is 11.8. The first-order chi connectivity index (χ1) is 7.61. The van der Waals surface area contributed by atoms with Crippen molar-refractivity contribution in [2.45, 2.75) is 33.2 Å². The van der Waals surface area contributed by atoms with Crippen LogP contribution < -0.4 is 5.19 Å². The molecule has 0 spiro atoms. The molecule has 0 aromatic heterocycles. The number of hydrogen-bond acceptors (Lipinski definition) is 2. The average molecular weight is 238 g/mol. The molecule has 0 N–H and O–H groups in total. The summed E-state index contributed by atoms with van der Waals surface area (Å²) in [6.07, 6.45) is 1.08. The van der Waals surface area contributed by atoms with Crippen LogP contribution in [0.1, 0.15) is 24.5 Å². The summed E-state index contributed by atoms with van der Waals surface area (Å²) in [6.45, 7) is 6.45. The number of aryl methyl sites for hydroxylation is 2. The zero-order chi connectivity index (χ0) is 12.2. The molecule has 0 aliphatic heterocycles. The molecule has 0 aliphatic rings. The van der Waals surface area contributed by atoms with Crippen molar-refractivity contribution in [2.24, 2.45) is 0 Å². The molecule has 16 heavy (non-hydrogen) atoms. The highest BCUT2D eigenvalue weighted by molar-refractivity contribution is 6.81. The Kier molecular flexibility index (Phi) is 4.71. The van der Waals surface area contributed by atoms with Crippen LogP contribution in [0.25, 0.3) is 0 Å². The zero-order valence-electron chi connectivity index (χ0n) is 11.0. The monoisotopic (exact) mass is 238 g/mol. The zero-order valence-corrected chi connectivity index (χ0v) is 12.0. The van der Waals surface area contributed by atoms with Gasteiger partial charge in [0, 0.05) is 14.2 Å². The molecule has 0 saturated heterocycles. The van der Waals surface area contributed by atoms with Crippen LogP contribution in [0, 0.1) is 13.8 Å². The summed E-state index contributed by atoms with van der Waals surface area (Å²) in [7, 11) is 1.34. The van der Waals surface area contributed by atoms with Gasteiger partial charge in [-0.3, -0.25) is 0 Å². The van der Waals surface area contributed by atoms with E-state index in [9.17, 15) is 0 Å². The van der Waals surface area contributed by atoms with E-state index in [4.69, 9.17) is 8.85 Å². The Morgan fingerprint density at radius 3 is 1.94 bits per heavy atom. The second kappa shape index (κ2) is 5.62. The average Bonchev–Trinajstić information content (AvgIpc) is 2.27. The topological polar surface area (TPSA) is 18.5 Å². The predicted octanol–water partition coefficient (Wildman–Crippen LogP) is 2.66. The van der Waals surface area contributed by atoms with Crippen LogP contribution in [0.15, 0.2) is 18.2 Å². The summed E-state index contributed by atoms with van der Waals surface area (Å²) >= 11 is 0.